The van der Waals surface area contributed by atoms with Crippen molar-refractivity contribution in [3.8, 4) is 0 Å². The Morgan fingerprint density at radius 3 is 2.58 bits per heavy atom. The number of nitrogens with one attached hydrogen (secondary N) is 1. The van der Waals surface area contributed by atoms with Crippen LogP contribution in [0.5, 0.6) is 0 Å². The van der Waals surface area contributed by atoms with Gasteiger partial charge in [-0.1, -0.05) is 39.0 Å². The largest absolute Gasteiger partial charge is 0.363 e. The van der Waals surface area contributed by atoms with E-state index in [1.807, 2.05) is 30.5 Å². The molecule has 26 heavy (non-hydrogen) atoms. The van der Waals surface area contributed by atoms with E-state index in [1.165, 1.54) is 0 Å². The Labute approximate surface area is 155 Å². The summed E-state index contributed by atoms with van der Waals surface area (Å²) in [5.41, 5.74) is 7.98. The Bertz CT molecular complexity index is 855. The average Bonchev–Trinajstić information content (AvgIpc) is 2.61. The Morgan fingerprint density at radius 2 is 1.88 bits per heavy atom. The lowest BCUT2D eigenvalue weighted by molar-refractivity contribution is 0.352. The second-order valence-electron chi connectivity index (χ2n) is 7.79. The molecule has 0 bridgehead atoms. The Hall–Kier alpha value is -2.53. The monoisotopic (exact) mass is 349 g/mol. The third-order valence-electron chi connectivity index (χ3n) is 4.23. The number of hydrogen-bond acceptors (Lipinski definition) is 5. The van der Waals surface area contributed by atoms with Crippen LogP contribution in [0.1, 0.15) is 44.6 Å². The first-order valence-corrected chi connectivity index (χ1v) is 9.08. The summed E-state index contributed by atoms with van der Waals surface area (Å²) < 4.78 is 0. The van der Waals surface area contributed by atoms with Crippen LogP contribution in [0, 0.1) is 5.41 Å². The van der Waals surface area contributed by atoms with Crippen LogP contribution in [0.15, 0.2) is 48.8 Å². The van der Waals surface area contributed by atoms with Gasteiger partial charge in [0.1, 0.15) is 11.6 Å². The minimum atomic E-state index is 0.118. The molecule has 5 nitrogen and oxygen atoms in total. The molecule has 0 saturated carbocycles. The normalized spacial score (nSPS) is 12.9. The highest BCUT2D eigenvalue weighted by Crippen LogP contribution is 2.33. The molecule has 3 N–H and O–H groups in total. The molecule has 2 aromatic heterocycles. The molecule has 0 fully saturated rings. The van der Waals surface area contributed by atoms with Crippen LogP contribution >= 0.6 is 0 Å². The van der Waals surface area contributed by atoms with Gasteiger partial charge in [-0.2, -0.15) is 0 Å². The average molecular weight is 349 g/mol. The molecule has 2 heterocycles. The predicted octanol–water partition coefficient (Wildman–Crippen LogP) is 4.12. The van der Waals surface area contributed by atoms with Crippen molar-refractivity contribution in [2.45, 2.75) is 39.7 Å². The highest BCUT2D eigenvalue weighted by atomic mass is 15.1. The molecular weight excluding hydrogens is 322 g/mol. The highest BCUT2D eigenvalue weighted by molar-refractivity contribution is 5.89. The molecule has 5 heteroatoms. The number of para-hydroxylation sites is 1. The lowest BCUT2D eigenvalue weighted by Gasteiger charge is -2.28. The lowest BCUT2D eigenvalue weighted by Crippen LogP contribution is -2.20. The van der Waals surface area contributed by atoms with Crippen LogP contribution in [-0.4, -0.2) is 21.5 Å². The molecule has 3 rings (SSSR count). The Balaban J connectivity index is 2.02. The quantitative estimate of drug-likeness (QED) is 0.700. The van der Waals surface area contributed by atoms with E-state index in [-0.39, 0.29) is 11.5 Å². The molecule has 1 atom stereocenters. The number of aromatic nitrogens is 3. The first-order chi connectivity index (χ1) is 12.5. The third kappa shape index (κ3) is 4.55. The van der Waals surface area contributed by atoms with Gasteiger partial charge in [-0.25, -0.2) is 9.97 Å². The molecule has 0 amide bonds. The van der Waals surface area contributed by atoms with Gasteiger partial charge in [-0.3, -0.25) is 4.98 Å². The summed E-state index contributed by atoms with van der Waals surface area (Å²) in [7, 11) is 0. The smallest absolute Gasteiger partial charge is 0.138 e. The van der Waals surface area contributed by atoms with Crippen molar-refractivity contribution in [1.29, 1.82) is 0 Å². The molecule has 0 radical (unpaired) electrons. The maximum absolute atomic E-state index is 5.72. The van der Waals surface area contributed by atoms with Crippen LogP contribution in [-0.2, 0) is 6.42 Å². The van der Waals surface area contributed by atoms with Crippen molar-refractivity contribution in [3.63, 3.8) is 0 Å². The zero-order valence-corrected chi connectivity index (χ0v) is 15.7. The number of fused-ring (bicyclic) bond motifs is 1. The first kappa shape index (κ1) is 18.3. The minimum Gasteiger partial charge on any atom is -0.363 e. The summed E-state index contributed by atoms with van der Waals surface area (Å²) in [6.45, 7) is 7.27. The van der Waals surface area contributed by atoms with Gasteiger partial charge in [0.2, 0.25) is 0 Å². The topological polar surface area (TPSA) is 76.7 Å². The van der Waals surface area contributed by atoms with E-state index in [0.29, 0.717) is 13.0 Å². The van der Waals surface area contributed by atoms with E-state index in [0.717, 1.165) is 34.5 Å². The van der Waals surface area contributed by atoms with Gasteiger partial charge in [0, 0.05) is 24.2 Å². The van der Waals surface area contributed by atoms with Gasteiger partial charge >= 0.3 is 0 Å². The van der Waals surface area contributed by atoms with Crippen molar-refractivity contribution in [2.24, 2.45) is 11.1 Å². The van der Waals surface area contributed by atoms with E-state index in [9.17, 15) is 0 Å². The number of nitrogens with two attached hydrogens (primary N) is 1. The zero-order chi connectivity index (χ0) is 18.6. The van der Waals surface area contributed by atoms with Crippen LogP contribution in [0.2, 0.25) is 0 Å². The van der Waals surface area contributed by atoms with E-state index >= 15 is 0 Å². The molecule has 3 aromatic rings. The fourth-order valence-corrected chi connectivity index (χ4v) is 3.09. The molecule has 0 aliphatic heterocycles. The standard InChI is InChI=1S/C21H27N5/c1-21(2,3)13-18(15-7-6-12-23-14-15)25-20-16-8-4-5-9-17(16)24-19(26-20)10-11-22/h4-9,12,14,18H,10-11,13,22H2,1-3H3,(H,24,25,26)/t18-/m0/s1. The number of benzene rings is 1. The molecular formula is C21H27N5. The first-order valence-electron chi connectivity index (χ1n) is 9.08. The maximum atomic E-state index is 5.72. The van der Waals surface area contributed by atoms with Crippen LogP contribution in [0.25, 0.3) is 10.9 Å². The summed E-state index contributed by atoms with van der Waals surface area (Å²) in [6.07, 6.45) is 5.35. The maximum Gasteiger partial charge on any atom is 0.138 e. The summed E-state index contributed by atoms with van der Waals surface area (Å²) >= 11 is 0. The fourth-order valence-electron chi connectivity index (χ4n) is 3.09. The van der Waals surface area contributed by atoms with Crippen molar-refractivity contribution in [2.75, 3.05) is 11.9 Å². The van der Waals surface area contributed by atoms with Crippen LogP contribution in [0.4, 0.5) is 5.82 Å². The number of nitrogens with zero attached hydrogens (tertiary/aromatic N) is 3. The minimum absolute atomic E-state index is 0.118. The van der Waals surface area contributed by atoms with E-state index in [4.69, 9.17) is 10.7 Å². The SMILES string of the molecule is CC(C)(C)C[C@H](Nc1nc(CCN)nc2ccccc12)c1cccnc1. The van der Waals surface area contributed by atoms with Crippen LogP contribution < -0.4 is 11.1 Å². The number of hydrogen-bond donors (Lipinski definition) is 2. The molecule has 0 aliphatic carbocycles. The van der Waals surface area contributed by atoms with E-state index in [1.54, 1.807) is 6.20 Å². The second kappa shape index (κ2) is 7.79. The lowest BCUT2D eigenvalue weighted by atomic mass is 9.86. The number of anilines is 1. The van der Waals surface area contributed by atoms with Crippen molar-refractivity contribution in [1.82, 2.24) is 15.0 Å². The summed E-state index contributed by atoms with van der Waals surface area (Å²) in [6, 6.07) is 12.3. The van der Waals surface area contributed by atoms with Gasteiger partial charge in [-0.05, 0) is 42.1 Å². The number of rotatable bonds is 6. The number of pyridine rings is 1. The molecule has 136 valence electrons. The van der Waals surface area contributed by atoms with Gasteiger partial charge in [0.25, 0.3) is 0 Å². The molecule has 1 aromatic carbocycles. The van der Waals surface area contributed by atoms with Gasteiger partial charge < -0.3 is 11.1 Å². The Kier molecular flexibility index (Phi) is 5.47. The second-order valence-corrected chi connectivity index (χ2v) is 7.79. The molecule has 0 spiro atoms. The van der Waals surface area contributed by atoms with E-state index < -0.39 is 0 Å². The van der Waals surface area contributed by atoms with Crippen molar-refractivity contribution in [3.05, 3.63) is 60.2 Å². The molecule has 0 aliphatic rings. The summed E-state index contributed by atoms with van der Waals surface area (Å²) in [4.78, 5) is 13.7. The van der Waals surface area contributed by atoms with E-state index in [2.05, 4.69) is 48.2 Å². The molecule has 0 saturated heterocycles. The third-order valence-corrected chi connectivity index (χ3v) is 4.23. The van der Waals surface area contributed by atoms with Crippen molar-refractivity contribution < 1.29 is 0 Å². The fraction of sp³-hybridized carbons (Fsp3) is 0.381. The highest BCUT2D eigenvalue weighted by Gasteiger charge is 2.22. The zero-order valence-electron chi connectivity index (χ0n) is 15.7. The van der Waals surface area contributed by atoms with Crippen LogP contribution in [0.3, 0.4) is 0 Å². The summed E-state index contributed by atoms with van der Waals surface area (Å²) in [5, 5.41) is 4.69. The predicted molar refractivity (Wildman–Crippen MR) is 107 cm³/mol. The summed E-state index contributed by atoms with van der Waals surface area (Å²) in [5.74, 6) is 1.63. The Morgan fingerprint density at radius 1 is 1.08 bits per heavy atom. The molecule has 0 unspecified atom stereocenters. The van der Waals surface area contributed by atoms with Crippen molar-refractivity contribution >= 4 is 16.7 Å². The van der Waals surface area contributed by atoms with Gasteiger partial charge in [-0.15, -0.1) is 0 Å². The van der Waals surface area contributed by atoms with Gasteiger partial charge in [0.15, 0.2) is 0 Å². The van der Waals surface area contributed by atoms with Gasteiger partial charge in [0.05, 0.1) is 11.6 Å².